The minimum absolute atomic E-state index is 0.00109. The Morgan fingerprint density at radius 3 is 2.13 bits per heavy atom. The molecule has 0 rings (SSSR count). The molecule has 0 aliphatic carbocycles. The van der Waals surface area contributed by atoms with Crippen molar-refractivity contribution in [2.24, 2.45) is 17.0 Å². The molecule has 0 bridgehead atoms. The van der Waals surface area contributed by atoms with E-state index in [-0.39, 0.29) is 23.7 Å². The van der Waals surface area contributed by atoms with Gasteiger partial charge in [-0.25, -0.2) is 13.6 Å². The number of hydrogen-bond donors (Lipinski definition) is 1. The Morgan fingerprint density at radius 1 is 1.27 bits per heavy atom. The zero-order valence-electron chi connectivity index (χ0n) is 10.1. The highest BCUT2D eigenvalue weighted by molar-refractivity contribution is 7.89. The number of sulfonamides is 1. The lowest BCUT2D eigenvalue weighted by Crippen LogP contribution is -2.30. The maximum absolute atomic E-state index is 11.0. The summed E-state index contributed by atoms with van der Waals surface area (Å²) in [6, 6.07) is 0. The molecule has 0 fully saturated rings. The van der Waals surface area contributed by atoms with Gasteiger partial charge >= 0.3 is 0 Å². The highest BCUT2D eigenvalue weighted by atomic mass is 32.2. The number of rotatable bonds is 7. The second kappa shape index (κ2) is 6.45. The van der Waals surface area contributed by atoms with E-state index < -0.39 is 10.0 Å². The van der Waals surface area contributed by atoms with Crippen LogP contribution < -0.4 is 5.14 Å². The van der Waals surface area contributed by atoms with E-state index in [4.69, 9.17) is 9.88 Å². The van der Waals surface area contributed by atoms with E-state index in [1.165, 1.54) is 0 Å². The molecule has 0 aliphatic rings. The third-order valence-corrected chi connectivity index (χ3v) is 3.45. The van der Waals surface area contributed by atoms with Crippen LogP contribution in [0.5, 0.6) is 0 Å². The molecule has 0 aromatic heterocycles. The van der Waals surface area contributed by atoms with E-state index >= 15 is 0 Å². The van der Waals surface area contributed by atoms with E-state index in [0.29, 0.717) is 6.61 Å². The van der Waals surface area contributed by atoms with Crippen molar-refractivity contribution in [2.45, 2.75) is 40.2 Å². The van der Waals surface area contributed by atoms with E-state index in [0.717, 1.165) is 6.42 Å². The Hall–Kier alpha value is -0.130. The second-order valence-corrected chi connectivity index (χ2v) is 6.04. The lowest BCUT2D eigenvalue weighted by atomic mass is 9.99. The van der Waals surface area contributed by atoms with Crippen LogP contribution >= 0.6 is 0 Å². The van der Waals surface area contributed by atoms with Gasteiger partial charge < -0.3 is 4.74 Å². The predicted octanol–water partition coefficient (Wildman–Crippen LogP) is 1.36. The Bertz CT molecular complexity index is 262. The molecule has 2 unspecified atom stereocenters. The highest BCUT2D eigenvalue weighted by Gasteiger charge is 2.20. The molecule has 92 valence electrons. The van der Waals surface area contributed by atoms with Crippen LogP contribution in [0.2, 0.25) is 0 Å². The van der Waals surface area contributed by atoms with E-state index in [1.807, 2.05) is 27.7 Å². The van der Waals surface area contributed by atoms with E-state index in [2.05, 4.69) is 0 Å². The maximum atomic E-state index is 11.0. The first kappa shape index (κ1) is 14.9. The van der Waals surface area contributed by atoms with Crippen LogP contribution in [0, 0.1) is 11.8 Å². The summed E-state index contributed by atoms with van der Waals surface area (Å²) >= 11 is 0. The molecule has 0 heterocycles. The molecule has 15 heavy (non-hydrogen) atoms. The number of primary sulfonamides is 1. The maximum Gasteiger partial charge on any atom is 0.209 e. The summed E-state index contributed by atoms with van der Waals surface area (Å²) in [5, 5.41) is 5.03. The summed E-state index contributed by atoms with van der Waals surface area (Å²) in [5.74, 6) is 0.238. The minimum atomic E-state index is -3.40. The molecular weight excluding hydrogens is 214 g/mol. The summed E-state index contributed by atoms with van der Waals surface area (Å²) in [4.78, 5) is 0. The Balaban J connectivity index is 4.18. The molecule has 0 saturated heterocycles. The minimum Gasteiger partial charge on any atom is -0.378 e. The van der Waals surface area contributed by atoms with Crippen LogP contribution in [0.3, 0.4) is 0 Å². The van der Waals surface area contributed by atoms with Gasteiger partial charge in [-0.3, -0.25) is 0 Å². The molecule has 0 spiro atoms. The fraction of sp³-hybridized carbons (Fsp3) is 1.00. The third-order valence-electron chi connectivity index (χ3n) is 2.56. The van der Waals surface area contributed by atoms with Crippen molar-refractivity contribution in [3.05, 3.63) is 0 Å². The van der Waals surface area contributed by atoms with Crippen LogP contribution in [-0.4, -0.2) is 26.9 Å². The zero-order valence-corrected chi connectivity index (χ0v) is 10.9. The number of nitrogens with two attached hydrogens (primary N) is 1. The summed E-state index contributed by atoms with van der Waals surface area (Å²) in [6.45, 7) is 8.44. The molecule has 0 aromatic carbocycles. The Kier molecular flexibility index (Phi) is 6.40. The molecule has 4 nitrogen and oxygen atoms in total. The third kappa shape index (κ3) is 7.76. The molecule has 2 N–H and O–H groups in total. The summed E-state index contributed by atoms with van der Waals surface area (Å²) in [7, 11) is -3.40. The van der Waals surface area contributed by atoms with Crippen molar-refractivity contribution in [3.63, 3.8) is 0 Å². The van der Waals surface area contributed by atoms with Gasteiger partial charge in [0.2, 0.25) is 10.0 Å². The first-order valence-corrected chi connectivity index (χ1v) is 7.09. The van der Waals surface area contributed by atoms with Gasteiger partial charge in [0, 0.05) is 0 Å². The molecular formula is C10H23NO3S. The first-order chi connectivity index (χ1) is 6.76. The lowest BCUT2D eigenvalue weighted by Gasteiger charge is -2.21. The first-order valence-electron chi connectivity index (χ1n) is 5.38. The largest absolute Gasteiger partial charge is 0.378 e. The van der Waals surface area contributed by atoms with Crippen molar-refractivity contribution in [1.82, 2.24) is 0 Å². The lowest BCUT2D eigenvalue weighted by molar-refractivity contribution is 0.0327. The van der Waals surface area contributed by atoms with Gasteiger partial charge in [0.25, 0.3) is 0 Å². The normalized spacial score (nSPS) is 16.7. The second-order valence-electron chi connectivity index (χ2n) is 4.39. The fourth-order valence-electron chi connectivity index (χ4n) is 1.14. The van der Waals surface area contributed by atoms with E-state index in [9.17, 15) is 8.42 Å². The molecule has 0 saturated carbocycles. The van der Waals surface area contributed by atoms with Crippen LogP contribution in [0.4, 0.5) is 0 Å². The van der Waals surface area contributed by atoms with Gasteiger partial charge in [-0.1, -0.05) is 20.8 Å². The standard InChI is InChI=1S/C10H23NO3S/c1-5-9(4)14-6-10(8(2)3)7-15(11,12)13/h8-10H,5-7H2,1-4H3,(H2,11,12,13). The average Bonchev–Trinajstić information content (AvgIpc) is 2.09. The van der Waals surface area contributed by atoms with Crippen molar-refractivity contribution in [3.8, 4) is 0 Å². The zero-order chi connectivity index (χ0) is 12.1. The molecule has 5 heteroatoms. The van der Waals surface area contributed by atoms with Gasteiger partial charge in [0.1, 0.15) is 0 Å². The summed E-state index contributed by atoms with van der Waals surface area (Å²) in [6.07, 6.45) is 1.10. The Morgan fingerprint density at radius 2 is 1.80 bits per heavy atom. The predicted molar refractivity (Wildman–Crippen MR) is 62.0 cm³/mol. The topological polar surface area (TPSA) is 69.4 Å². The average molecular weight is 237 g/mol. The van der Waals surface area contributed by atoms with Gasteiger partial charge in [0.05, 0.1) is 18.5 Å². The fourth-order valence-corrected chi connectivity index (χ4v) is 2.22. The van der Waals surface area contributed by atoms with Gasteiger partial charge in [-0.05, 0) is 25.2 Å². The van der Waals surface area contributed by atoms with Gasteiger partial charge in [-0.15, -0.1) is 0 Å². The SMILES string of the molecule is CCC(C)OCC(CS(N)(=O)=O)C(C)C. The van der Waals surface area contributed by atoms with Crippen molar-refractivity contribution in [1.29, 1.82) is 0 Å². The molecule has 0 aromatic rings. The van der Waals surface area contributed by atoms with Crippen molar-refractivity contribution < 1.29 is 13.2 Å². The van der Waals surface area contributed by atoms with Gasteiger partial charge in [-0.2, -0.15) is 0 Å². The quantitative estimate of drug-likeness (QED) is 0.727. The van der Waals surface area contributed by atoms with Crippen LogP contribution in [0.15, 0.2) is 0 Å². The van der Waals surface area contributed by atoms with Crippen molar-refractivity contribution in [2.75, 3.05) is 12.4 Å². The van der Waals surface area contributed by atoms with Gasteiger partial charge in [0.15, 0.2) is 0 Å². The van der Waals surface area contributed by atoms with Crippen LogP contribution in [0.1, 0.15) is 34.1 Å². The highest BCUT2D eigenvalue weighted by Crippen LogP contribution is 2.14. The van der Waals surface area contributed by atoms with E-state index in [1.54, 1.807) is 0 Å². The molecule has 0 radical (unpaired) electrons. The van der Waals surface area contributed by atoms with Crippen molar-refractivity contribution >= 4 is 10.0 Å². The number of hydrogen-bond acceptors (Lipinski definition) is 3. The van der Waals surface area contributed by atoms with Crippen LogP contribution in [0.25, 0.3) is 0 Å². The number of ether oxygens (including phenoxy) is 1. The monoisotopic (exact) mass is 237 g/mol. The Labute approximate surface area is 93.2 Å². The smallest absolute Gasteiger partial charge is 0.209 e. The molecule has 2 atom stereocenters. The molecule has 0 amide bonds. The summed E-state index contributed by atoms with van der Waals surface area (Å²) in [5.41, 5.74) is 0. The van der Waals surface area contributed by atoms with Crippen LogP contribution in [-0.2, 0) is 14.8 Å². The summed E-state index contributed by atoms with van der Waals surface area (Å²) < 4.78 is 27.5. The molecule has 0 aliphatic heterocycles.